The SMILES string of the molecule is Nc1nc(-c2ccoc2)[nH]c(=O)c1CC(=O)O. The van der Waals surface area contributed by atoms with Crippen molar-refractivity contribution in [3.63, 3.8) is 0 Å². The third-order valence-corrected chi connectivity index (χ3v) is 2.17. The molecule has 7 heteroatoms. The monoisotopic (exact) mass is 235 g/mol. The molecule has 0 aliphatic carbocycles. The molecule has 2 aromatic heterocycles. The van der Waals surface area contributed by atoms with Crippen molar-refractivity contribution in [1.29, 1.82) is 0 Å². The Labute approximate surface area is 94.9 Å². The van der Waals surface area contributed by atoms with E-state index in [0.29, 0.717) is 5.56 Å². The van der Waals surface area contributed by atoms with Gasteiger partial charge in [-0.2, -0.15) is 0 Å². The minimum absolute atomic E-state index is 0.0512. The van der Waals surface area contributed by atoms with Crippen LogP contribution in [0.4, 0.5) is 5.82 Å². The number of anilines is 1. The first-order valence-electron chi connectivity index (χ1n) is 4.71. The average Bonchev–Trinajstić information content (AvgIpc) is 2.76. The van der Waals surface area contributed by atoms with Crippen molar-refractivity contribution < 1.29 is 14.3 Å². The van der Waals surface area contributed by atoms with Gasteiger partial charge in [0.2, 0.25) is 0 Å². The van der Waals surface area contributed by atoms with E-state index in [-0.39, 0.29) is 17.2 Å². The number of carboxylic acids is 1. The topological polar surface area (TPSA) is 122 Å². The fraction of sp³-hybridized carbons (Fsp3) is 0.100. The van der Waals surface area contributed by atoms with Gasteiger partial charge in [0.1, 0.15) is 17.9 Å². The van der Waals surface area contributed by atoms with Crippen LogP contribution in [0.25, 0.3) is 11.4 Å². The summed E-state index contributed by atoms with van der Waals surface area (Å²) < 4.78 is 4.85. The van der Waals surface area contributed by atoms with Gasteiger partial charge in [0, 0.05) is 0 Å². The molecular weight excluding hydrogens is 226 g/mol. The van der Waals surface area contributed by atoms with E-state index < -0.39 is 17.9 Å². The van der Waals surface area contributed by atoms with Crippen LogP contribution in [0.1, 0.15) is 5.56 Å². The number of aromatic nitrogens is 2. The molecule has 2 rings (SSSR count). The second kappa shape index (κ2) is 4.12. The number of nitrogens with zero attached hydrogens (tertiary/aromatic N) is 1. The van der Waals surface area contributed by atoms with Crippen molar-refractivity contribution in [2.75, 3.05) is 5.73 Å². The summed E-state index contributed by atoms with van der Waals surface area (Å²) >= 11 is 0. The number of hydrogen-bond acceptors (Lipinski definition) is 5. The number of rotatable bonds is 3. The van der Waals surface area contributed by atoms with Crippen LogP contribution < -0.4 is 11.3 Å². The van der Waals surface area contributed by atoms with Gasteiger partial charge in [-0.3, -0.25) is 9.59 Å². The highest BCUT2D eigenvalue weighted by atomic mass is 16.4. The van der Waals surface area contributed by atoms with Crippen molar-refractivity contribution in [2.45, 2.75) is 6.42 Å². The summed E-state index contributed by atoms with van der Waals surface area (Å²) in [7, 11) is 0. The minimum Gasteiger partial charge on any atom is -0.481 e. The summed E-state index contributed by atoms with van der Waals surface area (Å²) in [5.74, 6) is -0.984. The van der Waals surface area contributed by atoms with E-state index in [0.717, 1.165) is 0 Å². The number of aromatic amines is 1. The van der Waals surface area contributed by atoms with Crippen LogP contribution in [-0.2, 0) is 11.2 Å². The highest BCUT2D eigenvalue weighted by molar-refractivity contribution is 5.72. The largest absolute Gasteiger partial charge is 0.481 e. The average molecular weight is 235 g/mol. The van der Waals surface area contributed by atoms with Crippen LogP contribution in [0.2, 0.25) is 0 Å². The maximum atomic E-state index is 11.6. The van der Waals surface area contributed by atoms with Crippen LogP contribution in [0.15, 0.2) is 27.8 Å². The van der Waals surface area contributed by atoms with Crippen LogP contribution in [-0.4, -0.2) is 21.0 Å². The van der Waals surface area contributed by atoms with Crippen LogP contribution in [0.5, 0.6) is 0 Å². The van der Waals surface area contributed by atoms with Gasteiger partial charge in [0.05, 0.1) is 23.8 Å². The predicted molar refractivity (Wildman–Crippen MR) is 58.3 cm³/mol. The summed E-state index contributed by atoms with van der Waals surface area (Å²) in [6.07, 6.45) is 2.37. The molecule has 7 nitrogen and oxygen atoms in total. The molecule has 0 aliphatic rings. The lowest BCUT2D eigenvalue weighted by molar-refractivity contribution is -0.136. The maximum Gasteiger partial charge on any atom is 0.308 e. The van der Waals surface area contributed by atoms with Crippen molar-refractivity contribution in [1.82, 2.24) is 9.97 Å². The van der Waals surface area contributed by atoms with E-state index in [2.05, 4.69) is 9.97 Å². The normalized spacial score (nSPS) is 10.4. The van der Waals surface area contributed by atoms with E-state index in [1.807, 2.05) is 0 Å². The zero-order valence-corrected chi connectivity index (χ0v) is 8.64. The first-order valence-corrected chi connectivity index (χ1v) is 4.71. The van der Waals surface area contributed by atoms with Crippen LogP contribution >= 0.6 is 0 Å². The molecule has 88 valence electrons. The number of carboxylic acid groups (broad SMARTS) is 1. The molecule has 0 aromatic carbocycles. The summed E-state index contributed by atoms with van der Waals surface area (Å²) in [6, 6.07) is 1.61. The Balaban J connectivity index is 2.49. The molecule has 0 bridgehead atoms. The summed E-state index contributed by atoms with van der Waals surface area (Å²) in [5, 5.41) is 8.62. The van der Waals surface area contributed by atoms with Gasteiger partial charge in [-0.25, -0.2) is 4.98 Å². The summed E-state index contributed by atoms with van der Waals surface area (Å²) in [5.41, 5.74) is 5.51. The highest BCUT2D eigenvalue weighted by Crippen LogP contribution is 2.15. The number of furan rings is 1. The van der Waals surface area contributed by atoms with Crippen molar-refractivity contribution in [3.05, 3.63) is 34.5 Å². The molecule has 0 spiro atoms. The van der Waals surface area contributed by atoms with Crippen molar-refractivity contribution >= 4 is 11.8 Å². The number of H-pyrrole nitrogens is 1. The molecule has 2 aromatic rings. The second-order valence-electron chi connectivity index (χ2n) is 3.36. The molecule has 0 unspecified atom stereocenters. The van der Waals surface area contributed by atoms with Gasteiger partial charge in [-0.15, -0.1) is 0 Å². The lowest BCUT2D eigenvalue weighted by Gasteiger charge is -2.03. The number of nitrogens with two attached hydrogens (primary N) is 1. The molecule has 4 N–H and O–H groups in total. The van der Waals surface area contributed by atoms with E-state index >= 15 is 0 Å². The lowest BCUT2D eigenvalue weighted by atomic mass is 10.2. The van der Waals surface area contributed by atoms with E-state index in [1.54, 1.807) is 6.07 Å². The molecule has 0 atom stereocenters. The van der Waals surface area contributed by atoms with Gasteiger partial charge < -0.3 is 20.2 Å². The molecule has 2 heterocycles. The Morgan fingerprint density at radius 2 is 2.35 bits per heavy atom. The quantitative estimate of drug-likeness (QED) is 0.700. The van der Waals surface area contributed by atoms with Gasteiger partial charge in [0.15, 0.2) is 0 Å². The number of nitrogen functional groups attached to an aromatic ring is 1. The van der Waals surface area contributed by atoms with Gasteiger partial charge in [0.25, 0.3) is 5.56 Å². The zero-order valence-electron chi connectivity index (χ0n) is 8.64. The fourth-order valence-corrected chi connectivity index (χ4v) is 1.37. The van der Waals surface area contributed by atoms with E-state index in [4.69, 9.17) is 15.3 Å². The number of hydrogen-bond donors (Lipinski definition) is 3. The predicted octanol–water partition coefficient (Wildman–Crippen LogP) is 0.239. The number of carbonyl (C=O) groups is 1. The van der Waals surface area contributed by atoms with Crippen LogP contribution in [0.3, 0.4) is 0 Å². The third kappa shape index (κ3) is 2.17. The van der Waals surface area contributed by atoms with Crippen LogP contribution in [0, 0.1) is 0 Å². The second-order valence-corrected chi connectivity index (χ2v) is 3.36. The Hall–Kier alpha value is -2.57. The van der Waals surface area contributed by atoms with Crippen molar-refractivity contribution in [2.24, 2.45) is 0 Å². The molecule has 0 radical (unpaired) electrons. The molecule has 0 amide bonds. The first kappa shape index (κ1) is 10.9. The van der Waals surface area contributed by atoms with Gasteiger partial charge in [-0.1, -0.05) is 0 Å². The maximum absolute atomic E-state index is 11.6. The fourth-order valence-electron chi connectivity index (χ4n) is 1.37. The minimum atomic E-state index is -1.14. The Morgan fingerprint density at radius 3 is 2.88 bits per heavy atom. The number of aliphatic carboxylic acids is 1. The standard InChI is InChI=1S/C10H9N3O4/c11-8-6(3-7(14)15)10(16)13-9(12-8)5-1-2-17-4-5/h1-2,4H,3H2,(H,14,15)(H3,11,12,13,16). The molecule has 17 heavy (non-hydrogen) atoms. The summed E-state index contributed by atoms with van der Waals surface area (Å²) in [4.78, 5) is 28.5. The van der Waals surface area contributed by atoms with Gasteiger partial charge >= 0.3 is 5.97 Å². The molecule has 0 aliphatic heterocycles. The third-order valence-electron chi connectivity index (χ3n) is 2.17. The lowest BCUT2D eigenvalue weighted by Crippen LogP contribution is -2.20. The molecule has 0 saturated heterocycles. The molecule has 0 saturated carbocycles. The Kier molecular flexibility index (Phi) is 2.65. The van der Waals surface area contributed by atoms with E-state index in [1.165, 1.54) is 12.5 Å². The van der Waals surface area contributed by atoms with Crippen molar-refractivity contribution in [3.8, 4) is 11.4 Å². The number of nitrogens with one attached hydrogen (secondary N) is 1. The van der Waals surface area contributed by atoms with Gasteiger partial charge in [-0.05, 0) is 6.07 Å². The smallest absolute Gasteiger partial charge is 0.308 e. The summed E-state index contributed by atoms with van der Waals surface area (Å²) in [6.45, 7) is 0. The Morgan fingerprint density at radius 1 is 1.59 bits per heavy atom. The zero-order chi connectivity index (χ0) is 12.4. The molecular formula is C10H9N3O4. The Bertz CT molecular complexity index is 601. The molecule has 0 fully saturated rings. The van der Waals surface area contributed by atoms with E-state index in [9.17, 15) is 9.59 Å². The first-order chi connectivity index (χ1) is 8.08. The highest BCUT2D eigenvalue weighted by Gasteiger charge is 2.13.